The molecule has 1 aliphatic rings. The van der Waals surface area contributed by atoms with Crippen LogP contribution in [-0.4, -0.2) is 42.2 Å². The first-order valence-corrected chi connectivity index (χ1v) is 8.98. The molecule has 124 valence electrons. The van der Waals surface area contributed by atoms with E-state index in [9.17, 15) is 5.11 Å². The molecule has 0 saturated carbocycles. The largest absolute Gasteiger partial charge is 0.395 e. The molecule has 1 unspecified atom stereocenters. The zero-order chi connectivity index (χ0) is 16.4. The average Bonchev–Trinajstić information content (AvgIpc) is 3.11. The van der Waals surface area contributed by atoms with Gasteiger partial charge in [-0.25, -0.2) is 4.98 Å². The average molecular weight is 331 g/mol. The molecule has 23 heavy (non-hydrogen) atoms. The topological polar surface area (TPSA) is 39.6 Å². The number of aryl methyl sites for hydroxylation is 2. The molecule has 5 heteroatoms. The molecule has 1 atom stereocenters. The molecule has 0 amide bonds. The van der Waals surface area contributed by atoms with Crippen molar-refractivity contribution < 1.29 is 5.11 Å². The molecule has 0 aliphatic heterocycles. The SMILES string of the molecule is Cc1nc(N(C)C)sc1CN(CCO)C1CCc2ccccc21. The molecule has 1 aliphatic carbocycles. The molecule has 0 radical (unpaired) electrons. The van der Waals surface area contributed by atoms with E-state index in [1.807, 2.05) is 14.1 Å². The van der Waals surface area contributed by atoms with Crippen LogP contribution in [0, 0.1) is 6.92 Å². The number of rotatable bonds is 6. The highest BCUT2D eigenvalue weighted by Gasteiger charge is 2.28. The minimum Gasteiger partial charge on any atom is -0.395 e. The molecule has 4 nitrogen and oxygen atoms in total. The van der Waals surface area contributed by atoms with Crippen molar-refractivity contribution in [3.63, 3.8) is 0 Å². The van der Waals surface area contributed by atoms with Crippen LogP contribution in [0.15, 0.2) is 24.3 Å². The number of aliphatic hydroxyl groups excluding tert-OH is 1. The van der Waals surface area contributed by atoms with E-state index in [1.54, 1.807) is 11.3 Å². The van der Waals surface area contributed by atoms with Crippen LogP contribution in [0.2, 0.25) is 0 Å². The first kappa shape index (κ1) is 16.4. The first-order valence-electron chi connectivity index (χ1n) is 8.16. The van der Waals surface area contributed by atoms with E-state index >= 15 is 0 Å². The third-order valence-corrected chi connectivity index (χ3v) is 5.85. The monoisotopic (exact) mass is 331 g/mol. The van der Waals surface area contributed by atoms with Crippen molar-refractivity contribution in [2.75, 3.05) is 32.1 Å². The maximum absolute atomic E-state index is 9.52. The highest BCUT2D eigenvalue weighted by atomic mass is 32.1. The molecule has 0 fully saturated rings. The van der Waals surface area contributed by atoms with E-state index in [4.69, 9.17) is 0 Å². The lowest BCUT2D eigenvalue weighted by Gasteiger charge is -2.28. The van der Waals surface area contributed by atoms with Crippen molar-refractivity contribution in [3.05, 3.63) is 46.0 Å². The summed E-state index contributed by atoms with van der Waals surface area (Å²) in [4.78, 5) is 10.4. The Morgan fingerprint density at radius 3 is 2.78 bits per heavy atom. The Balaban J connectivity index is 1.83. The lowest BCUT2D eigenvalue weighted by Crippen LogP contribution is -2.30. The molecule has 1 aromatic carbocycles. The Bertz CT molecular complexity index is 668. The van der Waals surface area contributed by atoms with Gasteiger partial charge < -0.3 is 10.0 Å². The normalized spacial score (nSPS) is 16.8. The van der Waals surface area contributed by atoms with Crippen LogP contribution in [0.1, 0.15) is 34.2 Å². The summed E-state index contributed by atoms with van der Waals surface area (Å²) in [7, 11) is 4.06. The fourth-order valence-electron chi connectivity index (χ4n) is 3.32. The molecular weight excluding hydrogens is 306 g/mol. The lowest BCUT2D eigenvalue weighted by atomic mass is 10.1. The van der Waals surface area contributed by atoms with Crippen LogP contribution in [-0.2, 0) is 13.0 Å². The third kappa shape index (κ3) is 3.42. The van der Waals surface area contributed by atoms with Gasteiger partial charge in [0.15, 0.2) is 5.13 Å². The van der Waals surface area contributed by atoms with Crippen molar-refractivity contribution in [3.8, 4) is 0 Å². The summed E-state index contributed by atoms with van der Waals surface area (Å²) < 4.78 is 0. The Morgan fingerprint density at radius 1 is 1.30 bits per heavy atom. The molecule has 2 aromatic rings. The van der Waals surface area contributed by atoms with Crippen LogP contribution >= 0.6 is 11.3 Å². The molecule has 1 heterocycles. The lowest BCUT2D eigenvalue weighted by molar-refractivity contribution is 0.143. The van der Waals surface area contributed by atoms with Gasteiger partial charge in [-0.1, -0.05) is 24.3 Å². The summed E-state index contributed by atoms with van der Waals surface area (Å²) in [5, 5.41) is 10.6. The Hall–Kier alpha value is -1.43. The summed E-state index contributed by atoms with van der Waals surface area (Å²) in [5.41, 5.74) is 3.99. The van der Waals surface area contributed by atoms with Crippen molar-refractivity contribution in [1.29, 1.82) is 0 Å². The summed E-state index contributed by atoms with van der Waals surface area (Å²) in [5.74, 6) is 0. The molecular formula is C18H25N3OS. The van der Waals surface area contributed by atoms with Crippen molar-refractivity contribution in [2.24, 2.45) is 0 Å². The smallest absolute Gasteiger partial charge is 0.185 e. The molecule has 0 saturated heterocycles. The predicted molar refractivity (Wildman–Crippen MR) is 96.2 cm³/mol. The number of anilines is 1. The quantitative estimate of drug-likeness (QED) is 0.883. The molecule has 1 N–H and O–H groups in total. The highest BCUT2D eigenvalue weighted by Crippen LogP contribution is 2.37. The Morgan fingerprint density at radius 2 is 2.09 bits per heavy atom. The predicted octanol–water partition coefficient (Wildman–Crippen LogP) is 3.00. The molecule has 3 rings (SSSR count). The fraction of sp³-hybridized carbons (Fsp3) is 0.500. The number of fused-ring (bicyclic) bond motifs is 1. The van der Waals surface area contributed by atoms with Gasteiger partial charge in [0.05, 0.1) is 12.3 Å². The second-order valence-electron chi connectivity index (χ2n) is 6.35. The number of benzene rings is 1. The first-order chi connectivity index (χ1) is 11.1. The van der Waals surface area contributed by atoms with Crippen molar-refractivity contribution in [2.45, 2.75) is 32.4 Å². The maximum Gasteiger partial charge on any atom is 0.185 e. The number of hydrogen-bond donors (Lipinski definition) is 1. The highest BCUT2D eigenvalue weighted by molar-refractivity contribution is 7.15. The van der Waals surface area contributed by atoms with Gasteiger partial charge in [0.2, 0.25) is 0 Å². The second-order valence-corrected chi connectivity index (χ2v) is 7.41. The zero-order valence-corrected chi connectivity index (χ0v) is 14.9. The summed E-state index contributed by atoms with van der Waals surface area (Å²) >= 11 is 1.75. The minimum atomic E-state index is 0.192. The van der Waals surface area contributed by atoms with Gasteiger partial charge in [0.1, 0.15) is 0 Å². The molecule has 1 aromatic heterocycles. The summed E-state index contributed by atoms with van der Waals surface area (Å²) in [6.45, 7) is 3.83. The summed E-state index contributed by atoms with van der Waals surface area (Å²) in [6, 6.07) is 9.11. The van der Waals surface area contributed by atoms with Gasteiger partial charge >= 0.3 is 0 Å². The van der Waals surface area contributed by atoms with Gasteiger partial charge in [0, 0.05) is 38.1 Å². The zero-order valence-electron chi connectivity index (χ0n) is 14.1. The van der Waals surface area contributed by atoms with E-state index in [2.05, 4.69) is 46.0 Å². The van der Waals surface area contributed by atoms with Gasteiger partial charge in [-0.15, -0.1) is 11.3 Å². The molecule has 0 bridgehead atoms. The van der Waals surface area contributed by atoms with Gasteiger partial charge in [0.25, 0.3) is 0 Å². The summed E-state index contributed by atoms with van der Waals surface area (Å²) in [6.07, 6.45) is 2.27. The number of aromatic nitrogens is 1. The van der Waals surface area contributed by atoms with Crippen LogP contribution in [0.4, 0.5) is 5.13 Å². The van der Waals surface area contributed by atoms with Gasteiger partial charge in [-0.3, -0.25) is 4.90 Å². The van der Waals surface area contributed by atoms with Crippen LogP contribution in [0.25, 0.3) is 0 Å². The standard InChI is InChI=1S/C18H25N3OS/c1-13-17(23-18(19-13)20(2)3)12-21(10-11-22)16-9-8-14-6-4-5-7-15(14)16/h4-7,16,22H,8-12H2,1-3H3. The Labute approximate surface area is 142 Å². The maximum atomic E-state index is 9.52. The molecule has 0 spiro atoms. The Kier molecular flexibility index (Phi) is 4.99. The van der Waals surface area contributed by atoms with Crippen LogP contribution in [0.3, 0.4) is 0 Å². The van der Waals surface area contributed by atoms with Crippen molar-refractivity contribution >= 4 is 16.5 Å². The van der Waals surface area contributed by atoms with Gasteiger partial charge in [-0.05, 0) is 30.9 Å². The van der Waals surface area contributed by atoms with E-state index < -0.39 is 0 Å². The number of nitrogens with zero attached hydrogens (tertiary/aromatic N) is 3. The van der Waals surface area contributed by atoms with Crippen LogP contribution < -0.4 is 4.90 Å². The number of thiazole rings is 1. The van der Waals surface area contributed by atoms with Gasteiger partial charge in [-0.2, -0.15) is 0 Å². The van der Waals surface area contributed by atoms with Crippen molar-refractivity contribution in [1.82, 2.24) is 9.88 Å². The number of aliphatic hydroxyl groups is 1. The minimum absolute atomic E-state index is 0.192. The van der Waals surface area contributed by atoms with E-state index in [-0.39, 0.29) is 6.61 Å². The number of hydrogen-bond acceptors (Lipinski definition) is 5. The second kappa shape index (κ2) is 6.99. The fourth-order valence-corrected chi connectivity index (χ4v) is 4.33. The van der Waals surface area contributed by atoms with E-state index in [0.717, 1.165) is 30.2 Å². The third-order valence-electron chi connectivity index (χ3n) is 4.54. The van der Waals surface area contributed by atoms with E-state index in [0.29, 0.717) is 12.6 Å². The van der Waals surface area contributed by atoms with Crippen LogP contribution in [0.5, 0.6) is 0 Å². The van der Waals surface area contributed by atoms with E-state index in [1.165, 1.54) is 16.0 Å².